The normalized spacial score (nSPS) is 11.4. The Morgan fingerprint density at radius 1 is 1.08 bits per heavy atom. The van der Waals surface area contributed by atoms with Crippen LogP contribution in [0.1, 0.15) is 30.8 Å². The van der Waals surface area contributed by atoms with Crippen molar-refractivity contribution in [3.05, 3.63) is 59.4 Å². The lowest BCUT2D eigenvalue weighted by Crippen LogP contribution is -2.24. The first-order valence-corrected chi connectivity index (χ1v) is 8.72. The molecular weight excluding hydrogens is 437 g/mol. The first-order valence-electron chi connectivity index (χ1n) is 8.72. The molecule has 0 unspecified atom stereocenters. The Balaban J connectivity index is 0.00000243. The Bertz CT molecular complexity index is 891. The van der Waals surface area contributed by atoms with Crippen molar-refractivity contribution in [2.75, 3.05) is 5.32 Å². The fourth-order valence-electron chi connectivity index (χ4n) is 3.06. The second kappa shape index (κ2) is 9.02. The topological polar surface area (TPSA) is 68.2 Å². The van der Waals surface area contributed by atoms with Crippen molar-refractivity contribution in [1.82, 2.24) is 9.55 Å². The van der Waals surface area contributed by atoms with Crippen LogP contribution in [0, 0.1) is 0 Å². The van der Waals surface area contributed by atoms with Crippen LogP contribution in [0.3, 0.4) is 0 Å². The number of aryl methyl sites for hydroxylation is 3. The lowest BCUT2D eigenvalue weighted by atomic mass is 10.0. The molecule has 0 atom stereocenters. The summed E-state index contributed by atoms with van der Waals surface area (Å²) in [5, 5.41) is 3.30. The molecule has 1 heterocycles. The van der Waals surface area contributed by atoms with Crippen LogP contribution < -0.4 is 11.1 Å². The van der Waals surface area contributed by atoms with E-state index in [2.05, 4.69) is 58.0 Å². The monoisotopic (exact) mass is 463 g/mol. The van der Waals surface area contributed by atoms with Crippen molar-refractivity contribution < 1.29 is 0 Å². The summed E-state index contributed by atoms with van der Waals surface area (Å²) in [6.45, 7) is 4.74. The summed E-state index contributed by atoms with van der Waals surface area (Å²) in [7, 11) is 2.01. The Labute approximate surface area is 171 Å². The smallest absolute Gasteiger partial charge is 0.193 e. The molecule has 0 spiro atoms. The number of nitrogens with one attached hydrogen (secondary N) is 1. The number of halogens is 1. The molecule has 3 rings (SSSR count). The van der Waals surface area contributed by atoms with Gasteiger partial charge in [-0.2, -0.15) is 0 Å². The number of imidazole rings is 1. The van der Waals surface area contributed by atoms with E-state index in [1.54, 1.807) is 0 Å². The zero-order valence-corrected chi connectivity index (χ0v) is 17.8. The third-order valence-corrected chi connectivity index (χ3v) is 4.52. The van der Waals surface area contributed by atoms with Gasteiger partial charge in [-0.15, -0.1) is 24.0 Å². The molecule has 0 fully saturated rings. The molecule has 6 heteroatoms. The fraction of sp³-hybridized carbons (Fsp3) is 0.300. The van der Waals surface area contributed by atoms with E-state index in [0.29, 0.717) is 12.5 Å². The molecule has 3 aromatic rings. The first kappa shape index (κ1) is 20.2. The predicted octanol–water partition coefficient (Wildman–Crippen LogP) is 4.24. The van der Waals surface area contributed by atoms with Crippen LogP contribution in [0.4, 0.5) is 5.69 Å². The zero-order valence-electron chi connectivity index (χ0n) is 15.5. The van der Waals surface area contributed by atoms with Crippen LogP contribution in [0.25, 0.3) is 11.0 Å². The van der Waals surface area contributed by atoms with Crippen molar-refractivity contribution in [2.24, 2.45) is 17.8 Å². The minimum absolute atomic E-state index is 0. The molecule has 1 aromatic heterocycles. The van der Waals surface area contributed by atoms with Gasteiger partial charge in [0.15, 0.2) is 5.96 Å². The van der Waals surface area contributed by atoms with Crippen molar-refractivity contribution in [3.8, 4) is 0 Å². The van der Waals surface area contributed by atoms with Gasteiger partial charge in [-0.05, 0) is 36.1 Å². The number of aliphatic imine (C=N–C) groups is 1. The summed E-state index contributed by atoms with van der Waals surface area (Å²) in [5.74, 6) is 1.31. The maximum absolute atomic E-state index is 6.15. The third-order valence-electron chi connectivity index (χ3n) is 4.52. The highest BCUT2D eigenvalue weighted by Crippen LogP contribution is 2.22. The minimum atomic E-state index is 0. The minimum Gasteiger partial charge on any atom is -0.370 e. The number of guanidine groups is 1. The second-order valence-electron chi connectivity index (χ2n) is 6.06. The zero-order chi connectivity index (χ0) is 17.8. The molecule has 0 saturated heterocycles. The summed E-state index contributed by atoms with van der Waals surface area (Å²) in [6, 6.07) is 14.4. The molecular formula is C20H26IN5. The molecule has 2 aromatic carbocycles. The average molecular weight is 463 g/mol. The van der Waals surface area contributed by atoms with E-state index in [0.717, 1.165) is 35.4 Å². The van der Waals surface area contributed by atoms with Gasteiger partial charge in [0, 0.05) is 12.7 Å². The number of aromatic nitrogens is 2. The Morgan fingerprint density at radius 2 is 1.73 bits per heavy atom. The van der Waals surface area contributed by atoms with E-state index < -0.39 is 0 Å². The third kappa shape index (κ3) is 4.17. The summed E-state index contributed by atoms with van der Waals surface area (Å²) in [4.78, 5) is 9.13. The van der Waals surface area contributed by atoms with E-state index in [4.69, 9.17) is 5.73 Å². The molecule has 0 radical (unpaired) electrons. The molecule has 0 aliphatic heterocycles. The molecule has 0 amide bonds. The van der Waals surface area contributed by atoms with Crippen molar-refractivity contribution >= 4 is 46.7 Å². The van der Waals surface area contributed by atoms with Crippen LogP contribution in [-0.2, 0) is 26.4 Å². The fourth-order valence-corrected chi connectivity index (χ4v) is 3.06. The number of hydrogen-bond donors (Lipinski definition) is 2. The highest BCUT2D eigenvalue weighted by molar-refractivity contribution is 14.0. The number of nitrogens with zero attached hydrogens (tertiary/aromatic N) is 3. The number of para-hydroxylation sites is 3. The van der Waals surface area contributed by atoms with Crippen LogP contribution in [0.15, 0.2) is 47.5 Å². The SMILES string of the molecule is CCc1cccc(CC)c1NC(N)=NCc1nc2ccccc2n1C.I. The molecule has 0 bridgehead atoms. The molecule has 26 heavy (non-hydrogen) atoms. The lowest BCUT2D eigenvalue weighted by Gasteiger charge is -2.14. The number of rotatable bonds is 5. The molecule has 0 aliphatic carbocycles. The largest absolute Gasteiger partial charge is 0.370 e. The maximum atomic E-state index is 6.15. The summed E-state index contributed by atoms with van der Waals surface area (Å²) < 4.78 is 2.06. The van der Waals surface area contributed by atoms with E-state index in [9.17, 15) is 0 Å². The summed E-state index contributed by atoms with van der Waals surface area (Å²) in [5.41, 5.74) is 11.8. The number of anilines is 1. The summed E-state index contributed by atoms with van der Waals surface area (Å²) in [6.07, 6.45) is 1.91. The number of benzene rings is 2. The quantitative estimate of drug-likeness (QED) is 0.338. The van der Waals surface area contributed by atoms with Gasteiger partial charge >= 0.3 is 0 Å². The molecule has 138 valence electrons. The number of fused-ring (bicyclic) bond motifs is 1. The number of hydrogen-bond acceptors (Lipinski definition) is 2. The first-order chi connectivity index (χ1) is 12.1. The van der Waals surface area contributed by atoms with E-state index in [1.807, 2.05) is 25.2 Å². The van der Waals surface area contributed by atoms with Gasteiger partial charge < -0.3 is 15.6 Å². The molecule has 3 N–H and O–H groups in total. The van der Waals surface area contributed by atoms with Gasteiger partial charge in [0.05, 0.1) is 11.0 Å². The Kier molecular flexibility index (Phi) is 7.02. The van der Waals surface area contributed by atoms with Gasteiger partial charge in [0.25, 0.3) is 0 Å². The van der Waals surface area contributed by atoms with Crippen LogP contribution >= 0.6 is 24.0 Å². The standard InChI is InChI=1S/C20H25N5.HI/c1-4-14-9-8-10-15(5-2)19(14)24-20(21)22-13-18-23-16-11-6-7-12-17(16)25(18)3;/h6-12H,4-5,13H2,1-3H3,(H3,21,22,24);1H. The lowest BCUT2D eigenvalue weighted by molar-refractivity contribution is 0.812. The maximum Gasteiger partial charge on any atom is 0.193 e. The molecule has 0 saturated carbocycles. The second-order valence-corrected chi connectivity index (χ2v) is 6.06. The van der Waals surface area contributed by atoms with Gasteiger partial charge in [0.1, 0.15) is 12.4 Å². The van der Waals surface area contributed by atoms with E-state index in [1.165, 1.54) is 11.1 Å². The van der Waals surface area contributed by atoms with Crippen LogP contribution in [0.2, 0.25) is 0 Å². The predicted molar refractivity (Wildman–Crippen MR) is 120 cm³/mol. The van der Waals surface area contributed by atoms with Crippen LogP contribution in [0.5, 0.6) is 0 Å². The van der Waals surface area contributed by atoms with Gasteiger partial charge in [-0.3, -0.25) is 0 Å². The van der Waals surface area contributed by atoms with E-state index in [-0.39, 0.29) is 24.0 Å². The average Bonchev–Trinajstić information content (AvgIpc) is 2.96. The Morgan fingerprint density at radius 3 is 2.35 bits per heavy atom. The van der Waals surface area contributed by atoms with Gasteiger partial charge in [-0.25, -0.2) is 9.98 Å². The van der Waals surface area contributed by atoms with Gasteiger partial charge in [0.2, 0.25) is 0 Å². The van der Waals surface area contributed by atoms with Crippen molar-refractivity contribution in [2.45, 2.75) is 33.2 Å². The highest BCUT2D eigenvalue weighted by atomic mass is 127. The van der Waals surface area contributed by atoms with E-state index >= 15 is 0 Å². The van der Waals surface area contributed by atoms with Crippen LogP contribution in [-0.4, -0.2) is 15.5 Å². The summed E-state index contributed by atoms with van der Waals surface area (Å²) >= 11 is 0. The Hall–Kier alpha value is -2.09. The highest BCUT2D eigenvalue weighted by Gasteiger charge is 2.09. The van der Waals surface area contributed by atoms with Crippen molar-refractivity contribution in [3.63, 3.8) is 0 Å². The molecule has 0 aliphatic rings. The molecule has 5 nitrogen and oxygen atoms in total. The van der Waals surface area contributed by atoms with Crippen molar-refractivity contribution in [1.29, 1.82) is 0 Å². The van der Waals surface area contributed by atoms with Gasteiger partial charge in [-0.1, -0.05) is 44.2 Å². The number of nitrogens with two attached hydrogens (primary N) is 1.